The van der Waals surface area contributed by atoms with Crippen LogP contribution in [0, 0.1) is 5.92 Å². The van der Waals surface area contributed by atoms with E-state index in [1.165, 1.54) is 77.0 Å². The van der Waals surface area contributed by atoms with Crippen molar-refractivity contribution in [1.29, 1.82) is 0 Å². The Balaban J connectivity index is 1.12. The molecule has 5 aromatic carbocycles. The van der Waals surface area contributed by atoms with E-state index < -0.39 is 6.29 Å². The number of amides is 2. The third-order valence-corrected chi connectivity index (χ3v) is 12.2. The zero-order valence-corrected chi connectivity index (χ0v) is 38.0. The highest BCUT2D eigenvalue weighted by Gasteiger charge is 2.39. The molecular formula is C55H71N3O5. The van der Waals surface area contributed by atoms with Crippen molar-refractivity contribution >= 4 is 11.7 Å². The summed E-state index contributed by atoms with van der Waals surface area (Å²) in [5.74, 6) is 1.57. The SMILES string of the molecule is CCCCCCCCN(CCCCCCCC)C[C@@H]1O[C@H](c2cccc(-c3cccc(CNC(=O)Nc4ccc(Oc5ccccc5)cc4)c3)c2)O[C@H](c2ccc(CO)cc2)[C@@H]1C. The Kier molecular flexibility index (Phi) is 19.6. The number of rotatable bonds is 25. The predicted octanol–water partition coefficient (Wildman–Crippen LogP) is 13.8. The Bertz CT molecular complexity index is 2040. The van der Waals surface area contributed by atoms with Crippen LogP contribution in [0.4, 0.5) is 10.5 Å². The molecule has 1 heterocycles. The van der Waals surface area contributed by atoms with E-state index in [2.05, 4.69) is 84.8 Å². The Labute approximate surface area is 377 Å². The van der Waals surface area contributed by atoms with Crippen molar-refractivity contribution in [2.75, 3.05) is 25.0 Å². The first-order chi connectivity index (χ1) is 30.9. The zero-order valence-electron chi connectivity index (χ0n) is 38.0. The van der Waals surface area contributed by atoms with E-state index in [1.54, 1.807) is 0 Å². The van der Waals surface area contributed by atoms with E-state index in [0.29, 0.717) is 18.0 Å². The number of urea groups is 1. The van der Waals surface area contributed by atoms with Crippen molar-refractivity contribution in [3.8, 4) is 22.6 Å². The molecule has 8 nitrogen and oxygen atoms in total. The first-order valence-electron chi connectivity index (χ1n) is 23.7. The highest BCUT2D eigenvalue weighted by molar-refractivity contribution is 5.89. The Morgan fingerprint density at radius 3 is 1.92 bits per heavy atom. The van der Waals surface area contributed by atoms with Crippen LogP contribution in [0.2, 0.25) is 0 Å². The van der Waals surface area contributed by atoms with Crippen molar-refractivity contribution in [3.63, 3.8) is 0 Å². The second-order valence-corrected chi connectivity index (χ2v) is 17.2. The van der Waals surface area contributed by atoms with Gasteiger partial charge in [-0.3, -0.25) is 0 Å². The lowest BCUT2D eigenvalue weighted by molar-refractivity contribution is -0.276. The number of hydrogen-bond acceptors (Lipinski definition) is 6. The van der Waals surface area contributed by atoms with Crippen LogP contribution in [0.25, 0.3) is 11.1 Å². The molecule has 8 heteroatoms. The summed E-state index contributed by atoms with van der Waals surface area (Å²) in [6.07, 6.45) is 14.7. The van der Waals surface area contributed by atoms with Crippen molar-refractivity contribution in [2.45, 2.75) is 129 Å². The highest BCUT2D eigenvalue weighted by atomic mass is 16.7. The maximum atomic E-state index is 12.9. The van der Waals surface area contributed by atoms with Gasteiger partial charge in [0.25, 0.3) is 0 Å². The third-order valence-electron chi connectivity index (χ3n) is 12.2. The van der Waals surface area contributed by atoms with Gasteiger partial charge >= 0.3 is 6.03 Å². The predicted molar refractivity (Wildman–Crippen MR) is 257 cm³/mol. The van der Waals surface area contributed by atoms with Crippen LogP contribution >= 0.6 is 0 Å². The van der Waals surface area contributed by atoms with E-state index in [0.717, 1.165) is 58.8 Å². The number of carbonyl (C=O) groups excluding carboxylic acids is 1. The molecule has 1 aliphatic heterocycles. The van der Waals surface area contributed by atoms with E-state index in [-0.39, 0.29) is 30.8 Å². The summed E-state index contributed by atoms with van der Waals surface area (Å²) in [6.45, 7) is 10.3. The Hall–Kier alpha value is -4.99. The lowest BCUT2D eigenvalue weighted by Gasteiger charge is -2.43. The van der Waals surface area contributed by atoms with Gasteiger partial charge in [0.05, 0.1) is 18.8 Å². The number of hydrogen-bond donors (Lipinski definition) is 3. The van der Waals surface area contributed by atoms with Gasteiger partial charge in [0.15, 0.2) is 6.29 Å². The molecule has 1 saturated heterocycles. The van der Waals surface area contributed by atoms with Gasteiger partial charge in [-0.1, -0.05) is 164 Å². The number of ether oxygens (including phenoxy) is 3. The number of carbonyl (C=O) groups is 1. The van der Waals surface area contributed by atoms with Crippen molar-refractivity contribution in [2.24, 2.45) is 5.92 Å². The molecule has 5 aromatic rings. The standard InChI is InChI=1S/C55H71N3O5/c1-4-6-8-10-12-17-35-58(36-18-13-11-9-7-5-2)40-52-42(3)53(45-29-27-43(41-59)28-30-45)63-54(62-52)48-24-20-23-47(38-48)46-22-19-21-44(37-46)39-56-55(60)57-49-31-33-51(34-32-49)61-50-25-15-14-16-26-50/h14-16,19-34,37-38,42,52-54,59H,4-13,17-18,35-36,39-41H2,1-3H3,(H2,56,57,60)/t42-,52+,53+,54+/m1/s1. The average Bonchev–Trinajstić information content (AvgIpc) is 3.32. The molecule has 0 saturated carbocycles. The first-order valence-corrected chi connectivity index (χ1v) is 23.7. The van der Waals surface area contributed by atoms with Crippen LogP contribution in [0.1, 0.15) is 132 Å². The molecule has 2 amide bonds. The summed E-state index contributed by atoms with van der Waals surface area (Å²) in [5.41, 5.74) is 6.73. The fourth-order valence-electron chi connectivity index (χ4n) is 8.42. The maximum absolute atomic E-state index is 12.9. The van der Waals surface area contributed by atoms with Gasteiger partial charge < -0.3 is 34.9 Å². The van der Waals surface area contributed by atoms with Gasteiger partial charge in [-0.05, 0) is 102 Å². The number of aliphatic hydroxyl groups is 1. The van der Waals surface area contributed by atoms with Gasteiger partial charge in [-0.15, -0.1) is 0 Å². The molecule has 0 unspecified atom stereocenters. The number of anilines is 1. The van der Waals surface area contributed by atoms with Gasteiger partial charge in [0.1, 0.15) is 11.5 Å². The summed E-state index contributed by atoms with van der Waals surface area (Å²) in [5, 5.41) is 15.7. The molecule has 63 heavy (non-hydrogen) atoms. The minimum atomic E-state index is -0.550. The number of nitrogens with zero attached hydrogens (tertiary/aromatic N) is 1. The quantitative estimate of drug-likeness (QED) is 0.0507. The van der Waals surface area contributed by atoms with E-state index >= 15 is 0 Å². The lowest BCUT2D eigenvalue weighted by atomic mass is 9.89. The number of para-hydroxylation sites is 1. The third kappa shape index (κ3) is 15.4. The molecule has 0 aliphatic carbocycles. The fraction of sp³-hybridized carbons (Fsp3) is 0.436. The molecule has 0 aromatic heterocycles. The summed E-state index contributed by atoms with van der Waals surface area (Å²) in [6, 6.07) is 41.6. The van der Waals surface area contributed by atoms with Crippen molar-refractivity contribution in [1.82, 2.24) is 10.2 Å². The lowest BCUT2D eigenvalue weighted by Crippen LogP contribution is -2.45. The van der Waals surface area contributed by atoms with Gasteiger partial charge in [-0.2, -0.15) is 0 Å². The van der Waals surface area contributed by atoms with Crippen molar-refractivity contribution in [3.05, 3.63) is 150 Å². The summed E-state index contributed by atoms with van der Waals surface area (Å²) >= 11 is 0. The van der Waals surface area contributed by atoms with Crippen LogP contribution in [0.5, 0.6) is 11.5 Å². The fourth-order valence-corrected chi connectivity index (χ4v) is 8.42. The van der Waals surface area contributed by atoms with Crippen molar-refractivity contribution < 1.29 is 24.1 Å². The molecular weight excluding hydrogens is 783 g/mol. The second-order valence-electron chi connectivity index (χ2n) is 17.2. The summed E-state index contributed by atoms with van der Waals surface area (Å²) in [7, 11) is 0. The minimum Gasteiger partial charge on any atom is -0.457 e. The smallest absolute Gasteiger partial charge is 0.319 e. The molecule has 3 N–H and O–H groups in total. The van der Waals surface area contributed by atoms with E-state index in [1.807, 2.05) is 78.9 Å². The Morgan fingerprint density at radius 1 is 0.635 bits per heavy atom. The minimum absolute atomic E-state index is 0.0132. The van der Waals surface area contributed by atoms with E-state index in [4.69, 9.17) is 14.2 Å². The van der Waals surface area contributed by atoms with Crippen LogP contribution in [0.3, 0.4) is 0 Å². The van der Waals surface area contributed by atoms with Crippen LogP contribution in [-0.2, 0) is 22.6 Å². The number of unbranched alkanes of at least 4 members (excludes halogenated alkanes) is 10. The largest absolute Gasteiger partial charge is 0.457 e. The summed E-state index contributed by atoms with van der Waals surface area (Å²) in [4.78, 5) is 15.6. The van der Waals surface area contributed by atoms with Crippen LogP contribution in [0.15, 0.2) is 127 Å². The second kappa shape index (κ2) is 26.0. The molecule has 0 spiro atoms. The number of benzene rings is 5. The topological polar surface area (TPSA) is 92.3 Å². The van der Waals surface area contributed by atoms with Gasteiger partial charge in [0.2, 0.25) is 0 Å². The molecule has 1 aliphatic rings. The molecule has 6 rings (SSSR count). The molecule has 336 valence electrons. The number of nitrogens with one attached hydrogen (secondary N) is 2. The zero-order chi connectivity index (χ0) is 44.1. The first kappa shape index (κ1) is 47.5. The van der Waals surface area contributed by atoms with Crippen LogP contribution < -0.4 is 15.4 Å². The maximum Gasteiger partial charge on any atom is 0.319 e. The van der Waals surface area contributed by atoms with Crippen LogP contribution in [-0.4, -0.2) is 41.8 Å². The molecule has 0 bridgehead atoms. The highest BCUT2D eigenvalue weighted by Crippen LogP contribution is 2.42. The normalized spacial score (nSPS) is 17.4. The summed E-state index contributed by atoms with van der Waals surface area (Å²) < 4.78 is 19.8. The molecule has 0 radical (unpaired) electrons. The van der Waals surface area contributed by atoms with E-state index in [9.17, 15) is 9.90 Å². The monoisotopic (exact) mass is 854 g/mol. The molecule has 1 fully saturated rings. The average molecular weight is 854 g/mol. The number of aliphatic hydroxyl groups excluding tert-OH is 1. The molecule has 4 atom stereocenters. The Morgan fingerprint density at radius 2 is 1.25 bits per heavy atom. The van der Waals surface area contributed by atoms with Gasteiger partial charge in [0, 0.05) is 30.3 Å². The van der Waals surface area contributed by atoms with Gasteiger partial charge in [-0.25, -0.2) is 4.79 Å².